The number of hydrogen-bond donors (Lipinski definition) is 1. The molecule has 19 heavy (non-hydrogen) atoms. The zero-order chi connectivity index (χ0) is 13.2. The molecule has 1 N–H and O–H groups in total. The first-order valence-corrected chi connectivity index (χ1v) is 7.22. The van der Waals surface area contributed by atoms with Crippen molar-refractivity contribution >= 4 is 27.4 Å². The van der Waals surface area contributed by atoms with Gasteiger partial charge in [0.2, 0.25) is 0 Å². The molecular formula is C15H15N3S. The van der Waals surface area contributed by atoms with E-state index in [9.17, 15) is 0 Å². The van der Waals surface area contributed by atoms with E-state index in [0.29, 0.717) is 0 Å². The summed E-state index contributed by atoms with van der Waals surface area (Å²) in [5.74, 6) is 0. The van der Waals surface area contributed by atoms with Crippen LogP contribution in [0, 0.1) is 6.92 Å². The molecule has 0 bridgehead atoms. The van der Waals surface area contributed by atoms with E-state index in [1.165, 1.54) is 0 Å². The molecule has 0 unspecified atom stereocenters. The molecule has 4 heteroatoms. The first-order chi connectivity index (χ1) is 9.28. The molecule has 0 atom stereocenters. The molecule has 3 nitrogen and oxygen atoms in total. The van der Waals surface area contributed by atoms with E-state index in [1.807, 2.05) is 25.1 Å². The van der Waals surface area contributed by atoms with Gasteiger partial charge in [0, 0.05) is 28.6 Å². The number of nitrogens with zero attached hydrogens (tertiary/aromatic N) is 2. The second-order valence-corrected chi connectivity index (χ2v) is 5.25. The largest absolute Gasteiger partial charge is 0.362 e. The quantitative estimate of drug-likeness (QED) is 0.778. The van der Waals surface area contributed by atoms with Gasteiger partial charge in [-0.1, -0.05) is 18.2 Å². The smallest absolute Gasteiger partial charge is 0.183 e. The number of aryl methyl sites for hydroxylation is 1. The van der Waals surface area contributed by atoms with Crippen LogP contribution in [-0.4, -0.2) is 16.5 Å². The van der Waals surface area contributed by atoms with Crippen molar-refractivity contribution in [2.24, 2.45) is 0 Å². The molecule has 0 aliphatic carbocycles. The fraction of sp³-hybridized carbons (Fsp3) is 0.200. The molecule has 0 saturated heterocycles. The summed E-state index contributed by atoms with van der Waals surface area (Å²) in [6.45, 7) is 4.99. The van der Waals surface area contributed by atoms with Gasteiger partial charge < -0.3 is 5.32 Å². The van der Waals surface area contributed by atoms with Gasteiger partial charge in [-0.2, -0.15) is 0 Å². The van der Waals surface area contributed by atoms with Gasteiger partial charge in [0.1, 0.15) is 0 Å². The fourth-order valence-electron chi connectivity index (χ4n) is 2.15. The van der Waals surface area contributed by atoms with Crippen molar-refractivity contribution in [3.8, 4) is 11.3 Å². The van der Waals surface area contributed by atoms with Crippen molar-refractivity contribution in [2.75, 3.05) is 11.9 Å². The number of anilines is 1. The molecule has 0 aliphatic heterocycles. The van der Waals surface area contributed by atoms with Gasteiger partial charge in [-0.15, -0.1) is 11.3 Å². The minimum atomic E-state index is 0.892. The summed E-state index contributed by atoms with van der Waals surface area (Å²) in [5, 5.41) is 7.47. The van der Waals surface area contributed by atoms with Gasteiger partial charge in [0.05, 0.1) is 11.2 Å². The van der Waals surface area contributed by atoms with Gasteiger partial charge in [-0.25, -0.2) is 4.98 Å². The second kappa shape index (κ2) is 4.97. The Labute approximate surface area is 116 Å². The summed E-state index contributed by atoms with van der Waals surface area (Å²) in [5.41, 5.74) is 4.22. The fourth-order valence-corrected chi connectivity index (χ4v) is 2.93. The van der Waals surface area contributed by atoms with E-state index in [-0.39, 0.29) is 0 Å². The van der Waals surface area contributed by atoms with E-state index < -0.39 is 0 Å². The average molecular weight is 269 g/mol. The molecule has 0 amide bonds. The first kappa shape index (κ1) is 12.1. The summed E-state index contributed by atoms with van der Waals surface area (Å²) in [6, 6.07) is 10.3. The van der Waals surface area contributed by atoms with Crippen LogP contribution in [-0.2, 0) is 0 Å². The lowest BCUT2D eigenvalue weighted by atomic mass is 10.1. The zero-order valence-electron chi connectivity index (χ0n) is 11.0. The monoisotopic (exact) mass is 269 g/mol. The van der Waals surface area contributed by atoms with Crippen LogP contribution in [0.1, 0.15) is 12.6 Å². The minimum absolute atomic E-state index is 0.892. The maximum absolute atomic E-state index is 4.64. The number of thiazole rings is 1. The van der Waals surface area contributed by atoms with Gasteiger partial charge >= 0.3 is 0 Å². The standard InChI is InChI=1S/C15H15N3S/c1-3-16-15-18-14(9-19-15)12-8-10(2)17-13-7-5-4-6-11(12)13/h4-9H,3H2,1-2H3,(H,16,18). The van der Waals surface area contributed by atoms with Crippen LogP contribution in [0.15, 0.2) is 35.7 Å². The summed E-state index contributed by atoms with van der Waals surface area (Å²) in [4.78, 5) is 9.21. The number of fused-ring (bicyclic) bond motifs is 1. The Kier molecular flexibility index (Phi) is 3.17. The van der Waals surface area contributed by atoms with Crippen LogP contribution in [0.25, 0.3) is 22.2 Å². The number of nitrogens with one attached hydrogen (secondary N) is 1. The Bertz CT molecular complexity index is 718. The molecule has 2 aromatic heterocycles. The van der Waals surface area contributed by atoms with Gasteiger partial charge in [0.15, 0.2) is 5.13 Å². The minimum Gasteiger partial charge on any atom is -0.362 e. The van der Waals surface area contributed by atoms with Crippen molar-refractivity contribution in [3.63, 3.8) is 0 Å². The molecule has 0 spiro atoms. The molecule has 0 aliphatic rings. The predicted octanol–water partition coefficient (Wildman–Crippen LogP) is 4.10. The summed E-state index contributed by atoms with van der Waals surface area (Å²) < 4.78 is 0. The van der Waals surface area contributed by atoms with E-state index in [0.717, 1.165) is 39.5 Å². The van der Waals surface area contributed by atoms with Crippen molar-refractivity contribution in [3.05, 3.63) is 41.4 Å². The molecule has 2 heterocycles. The Hall–Kier alpha value is -1.94. The molecular weight excluding hydrogens is 254 g/mol. The van der Waals surface area contributed by atoms with E-state index in [1.54, 1.807) is 11.3 Å². The number of hydrogen-bond acceptors (Lipinski definition) is 4. The Balaban J connectivity index is 2.17. The van der Waals surface area contributed by atoms with Crippen LogP contribution in [0.4, 0.5) is 5.13 Å². The van der Waals surface area contributed by atoms with Gasteiger partial charge in [-0.3, -0.25) is 4.98 Å². The number of rotatable bonds is 3. The third-order valence-electron chi connectivity index (χ3n) is 2.95. The molecule has 0 radical (unpaired) electrons. The number of aromatic nitrogens is 2. The molecule has 0 saturated carbocycles. The summed E-state index contributed by atoms with van der Waals surface area (Å²) in [6.07, 6.45) is 0. The van der Waals surface area contributed by atoms with E-state index >= 15 is 0 Å². The van der Waals surface area contributed by atoms with Crippen LogP contribution in [0.2, 0.25) is 0 Å². The highest BCUT2D eigenvalue weighted by molar-refractivity contribution is 7.14. The number of para-hydroxylation sites is 1. The molecule has 3 rings (SSSR count). The highest BCUT2D eigenvalue weighted by Crippen LogP contribution is 2.30. The lowest BCUT2D eigenvalue weighted by Crippen LogP contribution is -1.95. The van der Waals surface area contributed by atoms with Crippen molar-refractivity contribution in [1.29, 1.82) is 0 Å². The molecule has 96 valence electrons. The van der Waals surface area contributed by atoms with Crippen LogP contribution < -0.4 is 5.32 Å². The number of pyridine rings is 1. The van der Waals surface area contributed by atoms with E-state index in [4.69, 9.17) is 0 Å². The predicted molar refractivity (Wildman–Crippen MR) is 81.8 cm³/mol. The molecule has 0 fully saturated rings. The second-order valence-electron chi connectivity index (χ2n) is 4.40. The van der Waals surface area contributed by atoms with Crippen molar-refractivity contribution in [1.82, 2.24) is 9.97 Å². The van der Waals surface area contributed by atoms with E-state index in [2.05, 4.69) is 39.7 Å². The Morgan fingerprint density at radius 1 is 1.21 bits per heavy atom. The first-order valence-electron chi connectivity index (χ1n) is 6.34. The third kappa shape index (κ3) is 2.31. The molecule has 3 aromatic rings. The van der Waals surface area contributed by atoms with Crippen molar-refractivity contribution < 1.29 is 0 Å². The maximum atomic E-state index is 4.64. The summed E-state index contributed by atoms with van der Waals surface area (Å²) >= 11 is 1.64. The maximum Gasteiger partial charge on any atom is 0.183 e. The highest BCUT2D eigenvalue weighted by atomic mass is 32.1. The number of benzene rings is 1. The topological polar surface area (TPSA) is 37.8 Å². The van der Waals surface area contributed by atoms with Gasteiger partial charge in [0.25, 0.3) is 0 Å². The Morgan fingerprint density at radius 3 is 2.89 bits per heavy atom. The van der Waals surface area contributed by atoms with Crippen LogP contribution in [0.5, 0.6) is 0 Å². The average Bonchev–Trinajstić information content (AvgIpc) is 2.86. The zero-order valence-corrected chi connectivity index (χ0v) is 11.8. The lowest BCUT2D eigenvalue weighted by Gasteiger charge is -2.05. The third-order valence-corrected chi connectivity index (χ3v) is 3.75. The Morgan fingerprint density at radius 2 is 2.05 bits per heavy atom. The van der Waals surface area contributed by atoms with Crippen LogP contribution >= 0.6 is 11.3 Å². The van der Waals surface area contributed by atoms with Crippen LogP contribution in [0.3, 0.4) is 0 Å². The SMILES string of the molecule is CCNc1nc(-c2cc(C)nc3ccccc23)cs1. The van der Waals surface area contributed by atoms with Crippen molar-refractivity contribution in [2.45, 2.75) is 13.8 Å². The highest BCUT2D eigenvalue weighted by Gasteiger charge is 2.09. The normalized spacial score (nSPS) is 10.8. The molecule has 1 aromatic carbocycles. The summed E-state index contributed by atoms with van der Waals surface area (Å²) in [7, 11) is 0. The lowest BCUT2D eigenvalue weighted by molar-refractivity contribution is 1.19. The van der Waals surface area contributed by atoms with Gasteiger partial charge in [-0.05, 0) is 26.0 Å².